The van der Waals surface area contributed by atoms with E-state index in [-0.39, 0.29) is 16.1 Å². The van der Waals surface area contributed by atoms with Gasteiger partial charge < -0.3 is 0 Å². The minimum atomic E-state index is -4.93. The fraction of sp³-hybridized carbons (Fsp3) is 0.0625. The van der Waals surface area contributed by atoms with Crippen LogP contribution >= 0.6 is 0 Å². The molecule has 0 fully saturated rings. The molecule has 2 aromatic carbocycles. The van der Waals surface area contributed by atoms with Gasteiger partial charge in [-0.15, -0.1) is 5.10 Å². The van der Waals surface area contributed by atoms with E-state index >= 15 is 0 Å². The first-order valence-corrected chi connectivity index (χ1v) is 8.89. The van der Waals surface area contributed by atoms with E-state index in [9.17, 15) is 26.4 Å². The number of aromatic nitrogens is 3. The Balaban J connectivity index is 2.13. The van der Waals surface area contributed by atoms with E-state index in [1.54, 1.807) is 6.07 Å². The molecule has 140 valence electrons. The van der Waals surface area contributed by atoms with Crippen LogP contribution in [0, 0.1) is 0 Å². The van der Waals surface area contributed by atoms with Crippen LogP contribution in [0.2, 0.25) is 0 Å². The first-order valence-electron chi connectivity index (χ1n) is 7.35. The highest BCUT2D eigenvalue weighted by Gasteiger charge is 2.42. The van der Waals surface area contributed by atoms with Crippen molar-refractivity contribution >= 4 is 15.8 Å². The number of primary sulfonamides is 1. The van der Waals surface area contributed by atoms with Crippen LogP contribution in [0.5, 0.6) is 0 Å². The summed E-state index contributed by atoms with van der Waals surface area (Å²) in [7, 11) is -4.01. The summed E-state index contributed by atoms with van der Waals surface area (Å²) >= 11 is 0. The van der Waals surface area contributed by atoms with E-state index in [0.29, 0.717) is 4.68 Å². The molecule has 3 rings (SSSR count). The number of sulfonamides is 1. The van der Waals surface area contributed by atoms with Crippen molar-refractivity contribution in [2.75, 3.05) is 0 Å². The lowest BCUT2D eigenvalue weighted by molar-refractivity contribution is -0.143. The molecule has 0 radical (unpaired) electrons. The molecule has 27 heavy (non-hydrogen) atoms. The van der Waals surface area contributed by atoms with E-state index in [1.165, 1.54) is 24.3 Å². The highest BCUT2D eigenvalue weighted by molar-refractivity contribution is 7.89. The Kier molecular flexibility index (Phi) is 4.57. The van der Waals surface area contributed by atoms with Gasteiger partial charge in [-0.2, -0.15) is 13.2 Å². The van der Waals surface area contributed by atoms with Crippen molar-refractivity contribution in [1.82, 2.24) is 15.0 Å². The molecule has 0 atom stereocenters. The molecule has 7 nitrogen and oxygen atoms in total. The lowest BCUT2D eigenvalue weighted by atomic mass is 10.1. The van der Waals surface area contributed by atoms with Crippen molar-refractivity contribution in [3.63, 3.8) is 0 Å². The largest absolute Gasteiger partial charge is 0.435 e. The topological polar surface area (TPSA) is 108 Å². The van der Waals surface area contributed by atoms with Gasteiger partial charge in [-0.25, -0.2) is 18.2 Å². The maximum Gasteiger partial charge on any atom is 0.435 e. The average Bonchev–Trinajstić information content (AvgIpc) is 3.06. The van der Waals surface area contributed by atoms with Gasteiger partial charge in [-0.1, -0.05) is 35.5 Å². The van der Waals surface area contributed by atoms with Crippen molar-refractivity contribution in [3.8, 4) is 5.69 Å². The first kappa shape index (κ1) is 18.7. The number of nitrogens with zero attached hydrogens (tertiary/aromatic N) is 3. The summed E-state index contributed by atoms with van der Waals surface area (Å²) in [5.74, 6) is -0.935. The molecule has 0 amide bonds. The van der Waals surface area contributed by atoms with E-state index in [0.717, 1.165) is 24.3 Å². The number of carbonyl (C=O) groups is 1. The number of rotatable bonds is 4. The predicted octanol–water partition coefficient (Wildman–Crippen LogP) is 2.16. The fourth-order valence-electron chi connectivity index (χ4n) is 2.37. The normalized spacial score (nSPS) is 12.1. The summed E-state index contributed by atoms with van der Waals surface area (Å²) in [6, 6.07) is 11.6. The molecule has 0 aliphatic heterocycles. The molecule has 1 heterocycles. The molecule has 0 saturated heterocycles. The third-order valence-corrected chi connectivity index (χ3v) is 4.53. The average molecular weight is 396 g/mol. The van der Waals surface area contributed by atoms with Gasteiger partial charge in [-0.3, -0.25) is 4.79 Å². The zero-order chi connectivity index (χ0) is 19.8. The summed E-state index contributed by atoms with van der Waals surface area (Å²) < 4.78 is 63.8. The van der Waals surface area contributed by atoms with E-state index in [2.05, 4.69) is 10.3 Å². The smallest absolute Gasteiger partial charge is 0.287 e. The Hall–Kier alpha value is -3.05. The number of hydrogen-bond donors (Lipinski definition) is 1. The summed E-state index contributed by atoms with van der Waals surface area (Å²) in [6.45, 7) is 0. The van der Waals surface area contributed by atoms with E-state index in [1.807, 2.05) is 0 Å². The highest BCUT2D eigenvalue weighted by atomic mass is 32.2. The van der Waals surface area contributed by atoms with Crippen LogP contribution in [0.25, 0.3) is 5.69 Å². The molecule has 0 saturated carbocycles. The number of ketones is 1. The van der Waals surface area contributed by atoms with Crippen molar-refractivity contribution in [2.24, 2.45) is 5.14 Å². The van der Waals surface area contributed by atoms with Crippen LogP contribution in [0.1, 0.15) is 21.7 Å². The number of alkyl halides is 3. The lowest BCUT2D eigenvalue weighted by Crippen LogP contribution is -2.18. The Bertz CT molecular complexity index is 1090. The van der Waals surface area contributed by atoms with Gasteiger partial charge in [0.2, 0.25) is 15.8 Å². The van der Waals surface area contributed by atoms with Crippen LogP contribution in [0.4, 0.5) is 13.2 Å². The summed E-state index contributed by atoms with van der Waals surface area (Å²) in [5.41, 5.74) is -2.32. The van der Waals surface area contributed by atoms with Gasteiger partial charge in [0, 0.05) is 5.56 Å². The standard InChI is InChI=1S/C16H11F3N4O3S/c17-16(18,19)15-13(14(24)10-4-2-1-3-5-10)21-22-23(15)11-6-8-12(9-7-11)27(20,25)26/h1-9H,(H2,20,25,26). The van der Waals surface area contributed by atoms with Gasteiger partial charge in [0.15, 0.2) is 11.4 Å². The van der Waals surface area contributed by atoms with Crippen LogP contribution in [0.3, 0.4) is 0 Å². The Morgan fingerprint density at radius 3 is 2.11 bits per heavy atom. The molecule has 0 aliphatic rings. The van der Waals surface area contributed by atoms with Crippen molar-refractivity contribution in [3.05, 3.63) is 71.5 Å². The Morgan fingerprint density at radius 1 is 1.00 bits per heavy atom. The summed E-state index contributed by atoms with van der Waals surface area (Å²) in [6.07, 6.45) is -4.93. The molecule has 0 aliphatic carbocycles. The number of hydrogen-bond acceptors (Lipinski definition) is 5. The SMILES string of the molecule is NS(=O)(=O)c1ccc(-n2nnc(C(=O)c3ccccc3)c2C(F)(F)F)cc1. The highest BCUT2D eigenvalue weighted by Crippen LogP contribution is 2.33. The third-order valence-electron chi connectivity index (χ3n) is 3.60. The molecule has 0 bridgehead atoms. The minimum Gasteiger partial charge on any atom is -0.287 e. The predicted molar refractivity (Wildman–Crippen MR) is 87.6 cm³/mol. The maximum atomic E-state index is 13.6. The molecule has 3 aromatic rings. The minimum absolute atomic E-state index is 0.0274. The Labute approximate surface area is 151 Å². The number of halogens is 3. The third kappa shape index (κ3) is 3.73. The van der Waals surface area contributed by atoms with Crippen LogP contribution in [-0.4, -0.2) is 29.2 Å². The molecular formula is C16H11F3N4O3S. The van der Waals surface area contributed by atoms with Gasteiger partial charge in [0.1, 0.15) is 0 Å². The molecule has 0 unspecified atom stereocenters. The molecule has 11 heteroatoms. The van der Waals surface area contributed by atoms with Crippen molar-refractivity contribution in [1.29, 1.82) is 0 Å². The lowest BCUT2D eigenvalue weighted by Gasteiger charge is -2.11. The first-order chi connectivity index (χ1) is 12.6. The van der Waals surface area contributed by atoms with Crippen molar-refractivity contribution in [2.45, 2.75) is 11.1 Å². The zero-order valence-electron chi connectivity index (χ0n) is 13.4. The summed E-state index contributed by atoms with van der Waals surface area (Å²) in [4.78, 5) is 12.2. The molecular weight excluding hydrogens is 385 g/mol. The van der Waals surface area contributed by atoms with Gasteiger partial charge in [0.05, 0.1) is 10.6 Å². The van der Waals surface area contributed by atoms with Crippen LogP contribution in [0.15, 0.2) is 59.5 Å². The van der Waals surface area contributed by atoms with E-state index in [4.69, 9.17) is 5.14 Å². The van der Waals surface area contributed by atoms with Crippen LogP contribution < -0.4 is 5.14 Å². The number of benzene rings is 2. The zero-order valence-corrected chi connectivity index (χ0v) is 14.2. The maximum absolute atomic E-state index is 13.6. The van der Waals surface area contributed by atoms with Crippen molar-refractivity contribution < 1.29 is 26.4 Å². The number of carbonyl (C=O) groups excluding carboxylic acids is 1. The summed E-state index contributed by atoms with van der Waals surface area (Å²) in [5, 5.41) is 11.8. The van der Waals surface area contributed by atoms with Gasteiger partial charge in [0.25, 0.3) is 0 Å². The Morgan fingerprint density at radius 2 is 1.59 bits per heavy atom. The second-order valence-electron chi connectivity index (χ2n) is 5.43. The van der Waals surface area contributed by atoms with Crippen LogP contribution in [-0.2, 0) is 16.2 Å². The second kappa shape index (κ2) is 6.59. The fourth-order valence-corrected chi connectivity index (χ4v) is 2.89. The monoisotopic (exact) mass is 396 g/mol. The molecule has 0 spiro atoms. The molecule has 2 N–H and O–H groups in total. The second-order valence-corrected chi connectivity index (χ2v) is 6.99. The van der Waals surface area contributed by atoms with Gasteiger partial charge >= 0.3 is 6.18 Å². The van der Waals surface area contributed by atoms with E-state index < -0.39 is 33.4 Å². The number of nitrogens with two attached hydrogens (primary N) is 1. The quantitative estimate of drug-likeness (QED) is 0.680. The molecule has 1 aromatic heterocycles. The van der Waals surface area contributed by atoms with Gasteiger partial charge in [-0.05, 0) is 24.3 Å².